The van der Waals surface area contributed by atoms with E-state index in [4.69, 9.17) is 4.74 Å². The Morgan fingerprint density at radius 2 is 1.77 bits per heavy atom. The molecule has 1 unspecified atom stereocenters. The lowest BCUT2D eigenvalue weighted by Crippen LogP contribution is -2.19. The Morgan fingerprint density at radius 1 is 1.10 bits per heavy atom. The molecule has 0 saturated heterocycles. The molecule has 1 aliphatic rings. The number of azo groups is 1. The monoisotopic (exact) mass is 411 g/mol. The van der Waals surface area contributed by atoms with Crippen LogP contribution < -0.4 is 4.90 Å². The zero-order chi connectivity index (χ0) is 21.7. The average Bonchev–Trinajstić information content (AvgIpc) is 2.72. The predicted molar refractivity (Wildman–Crippen MR) is 113 cm³/mol. The van der Waals surface area contributed by atoms with Crippen molar-refractivity contribution in [1.29, 1.82) is 0 Å². The first-order chi connectivity index (χ1) is 14.4. The molecular weight excluding hydrogens is 388 g/mol. The molecule has 7 heteroatoms. The Balaban J connectivity index is 1.73. The molecule has 1 aliphatic carbocycles. The molecule has 0 amide bonds. The smallest absolute Gasteiger partial charge is 0.316 e. The highest BCUT2D eigenvalue weighted by Gasteiger charge is 2.27. The Hall–Kier alpha value is -3.35. The summed E-state index contributed by atoms with van der Waals surface area (Å²) in [5.74, 6) is -2.75. The Labute approximate surface area is 174 Å². The van der Waals surface area contributed by atoms with Crippen molar-refractivity contribution in [2.45, 2.75) is 13.3 Å². The molecule has 1 atom stereocenters. The highest BCUT2D eigenvalue weighted by atomic mass is 19.1. The van der Waals surface area contributed by atoms with E-state index in [1.807, 2.05) is 43.3 Å². The van der Waals surface area contributed by atoms with Crippen molar-refractivity contribution >= 4 is 28.6 Å². The van der Waals surface area contributed by atoms with Gasteiger partial charge in [0.1, 0.15) is 17.6 Å². The van der Waals surface area contributed by atoms with Gasteiger partial charge in [0.15, 0.2) is 0 Å². The van der Waals surface area contributed by atoms with Gasteiger partial charge < -0.3 is 9.64 Å². The van der Waals surface area contributed by atoms with E-state index in [0.29, 0.717) is 16.9 Å². The molecule has 0 fully saturated rings. The number of anilines is 1. The van der Waals surface area contributed by atoms with Crippen LogP contribution in [0.3, 0.4) is 0 Å². The maximum absolute atomic E-state index is 14.6. The summed E-state index contributed by atoms with van der Waals surface area (Å²) >= 11 is 0. The van der Waals surface area contributed by atoms with Crippen LogP contribution in [0.1, 0.15) is 18.9 Å². The van der Waals surface area contributed by atoms with Gasteiger partial charge in [0.25, 0.3) is 0 Å². The van der Waals surface area contributed by atoms with Crippen LogP contribution in [0.2, 0.25) is 0 Å². The van der Waals surface area contributed by atoms with Crippen LogP contribution in [0, 0.1) is 11.7 Å². The molecule has 0 aliphatic heterocycles. The standard InChI is InChI=1S/C23H23F2N3O2/c1-4-30-23(29)20-11-5-15(13-21(20)24)19-12-8-17(14-22(19)25)27-26-16-6-9-18(10-7-16)28(2)3/h5-10,12-14,20H,4,11H2,1-3H3/b27-26+. The van der Waals surface area contributed by atoms with E-state index in [1.165, 1.54) is 18.2 Å². The van der Waals surface area contributed by atoms with Crippen LogP contribution in [0.25, 0.3) is 5.57 Å². The topological polar surface area (TPSA) is 54.3 Å². The van der Waals surface area contributed by atoms with Crippen LogP contribution in [0.15, 0.2) is 70.7 Å². The zero-order valence-corrected chi connectivity index (χ0v) is 17.1. The number of rotatable bonds is 6. The summed E-state index contributed by atoms with van der Waals surface area (Å²) in [6.45, 7) is 1.85. The Kier molecular flexibility index (Phi) is 6.72. The molecule has 0 N–H and O–H groups in total. The number of nitrogens with zero attached hydrogens (tertiary/aromatic N) is 3. The van der Waals surface area contributed by atoms with Crippen molar-refractivity contribution in [3.05, 3.63) is 71.8 Å². The fraction of sp³-hybridized carbons (Fsp3) is 0.261. The largest absolute Gasteiger partial charge is 0.465 e. The van der Waals surface area contributed by atoms with Gasteiger partial charge in [-0.3, -0.25) is 4.79 Å². The first-order valence-electron chi connectivity index (χ1n) is 9.62. The van der Waals surface area contributed by atoms with Crippen molar-refractivity contribution in [2.75, 3.05) is 25.6 Å². The van der Waals surface area contributed by atoms with E-state index in [1.54, 1.807) is 19.1 Å². The van der Waals surface area contributed by atoms with Gasteiger partial charge >= 0.3 is 5.97 Å². The molecule has 0 bridgehead atoms. The number of carbonyl (C=O) groups excluding carboxylic acids is 1. The number of carbonyl (C=O) groups is 1. The molecule has 0 radical (unpaired) electrons. The van der Waals surface area contributed by atoms with Gasteiger partial charge in [-0.05, 0) is 61.4 Å². The van der Waals surface area contributed by atoms with Gasteiger partial charge in [-0.15, -0.1) is 0 Å². The molecule has 0 saturated carbocycles. The van der Waals surface area contributed by atoms with Gasteiger partial charge in [-0.25, -0.2) is 8.78 Å². The summed E-state index contributed by atoms with van der Waals surface area (Å²) in [4.78, 5) is 13.7. The SMILES string of the molecule is CCOC(=O)C1CC=C(c2ccc(/N=N/c3ccc(N(C)C)cc3)cc2F)C=C1F. The third kappa shape index (κ3) is 4.97. The number of halogens is 2. The summed E-state index contributed by atoms with van der Waals surface area (Å²) in [6.07, 6.45) is 2.94. The average molecular weight is 411 g/mol. The molecule has 30 heavy (non-hydrogen) atoms. The van der Waals surface area contributed by atoms with Gasteiger partial charge in [-0.2, -0.15) is 10.2 Å². The molecule has 0 heterocycles. The van der Waals surface area contributed by atoms with Crippen LogP contribution in [0.5, 0.6) is 0 Å². The summed E-state index contributed by atoms with van der Waals surface area (Å²) in [5.41, 5.74) is 2.65. The summed E-state index contributed by atoms with van der Waals surface area (Å²) < 4.78 is 33.8. The van der Waals surface area contributed by atoms with Crippen molar-refractivity contribution in [1.82, 2.24) is 0 Å². The lowest BCUT2D eigenvalue weighted by molar-refractivity contribution is -0.147. The molecule has 3 rings (SSSR count). The second kappa shape index (κ2) is 9.43. The third-order valence-corrected chi connectivity index (χ3v) is 4.68. The minimum absolute atomic E-state index is 0.125. The number of benzene rings is 2. The van der Waals surface area contributed by atoms with E-state index < -0.39 is 23.5 Å². The maximum Gasteiger partial charge on any atom is 0.316 e. The van der Waals surface area contributed by atoms with Crippen molar-refractivity contribution in [3.63, 3.8) is 0 Å². The molecule has 2 aromatic rings. The molecule has 0 spiro atoms. The number of esters is 1. The van der Waals surface area contributed by atoms with E-state index in [0.717, 1.165) is 5.69 Å². The quantitative estimate of drug-likeness (QED) is 0.425. The molecule has 2 aromatic carbocycles. The van der Waals surface area contributed by atoms with Crippen LogP contribution in [-0.4, -0.2) is 26.7 Å². The normalized spacial score (nSPS) is 16.2. The van der Waals surface area contributed by atoms with E-state index >= 15 is 0 Å². The minimum Gasteiger partial charge on any atom is -0.465 e. The van der Waals surface area contributed by atoms with E-state index in [-0.39, 0.29) is 18.6 Å². The lowest BCUT2D eigenvalue weighted by atomic mass is 9.91. The highest BCUT2D eigenvalue weighted by Crippen LogP contribution is 2.33. The first kappa shape index (κ1) is 21.4. The summed E-state index contributed by atoms with van der Waals surface area (Å²) in [5, 5.41) is 8.19. The van der Waals surface area contributed by atoms with Crippen molar-refractivity contribution < 1.29 is 18.3 Å². The number of hydrogen-bond acceptors (Lipinski definition) is 5. The summed E-state index contributed by atoms with van der Waals surface area (Å²) in [7, 11) is 3.89. The second-order valence-corrected chi connectivity index (χ2v) is 7.00. The number of ether oxygens (including phenoxy) is 1. The first-order valence-corrected chi connectivity index (χ1v) is 9.62. The molecular formula is C23H23F2N3O2. The third-order valence-electron chi connectivity index (χ3n) is 4.68. The van der Waals surface area contributed by atoms with Crippen LogP contribution >= 0.6 is 0 Å². The number of allylic oxidation sites excluding steroid dienone is 3. The predicted octanol–water partition coefficient (Wildman–Crippen LogP) is 6.13. The van der Waals surface area contributed by atoms with Gasteiger partial charge in [0.05, 0.1) is 18.0 Å². The van der Waals surface area contributed by atoms with Crippen molar-refractivity contribution in [2.24, 2.45) is 16.1 Å². The summed E-state index contributed by atoms with van der Waals surface area (Å²) in [6, 6.07) is 11.9. The Bertz CT molecular complexity index is 1010. The Morgan fingerprint density at radius 3 is 2.37 bits per heavy atom. The van der Waals surface area contributed by atoms with Crippen LogP contribution in [0.4, 0.5) is 25.8 Å². The zero-order valence-electron chi connectivity index (χ0n) is 17.1. The fourth-order valence-corrected chi connectivity index (χ4v) is 3.04. The molecule has 0 aromatic heterocycles. The van der Waals surface area contributed by atoms with Crippen molar-refractivity contribution in [3.8, 4) is 0 Å². The molecule has 156 valence electrons. The van der Waals surface area contributed by atoms with E-state index in [9.17, 15) is 13.6 Å². The maximum atomic E-state index is 14.6. The molecule has 5 nitrogen and oxygen atoms in total. The second-order valence-electron chi connectivity index (χ2n) is 7.00. The van der Waals surface area contributed by atoms with Crippen LogP contribution in [-0.2, 0) is 9.53 Å². The number of hydrogen-bond donors (Lipinski definition) is 0. The minimum atomic E-state index is -0.969. The van der Waals surface area contributed by atoms with Gasteiger partial charge in [-0.1, -0.05) is 6.08 Å². The van der Waals surface area contributed by atoms with Gasteiger partial charge in [0.2, 0.25) is 0 Å². The fourth-order valence-electron chi connectivity index (χ4n) is 3.04. The highest BCUT2D eigenvalue weighted by molar-refractivity contribution is 5.82. The lowest BCUT2D eigenvalue weighted by Gasteiger charge is -2.17. The van der Waals surface area contributed by atoms with E-state index in [2.05, 4.69) is 10.2 Å². The van der Waals surface area contributed by atoms with Gasteiger partial charge in [0, 0.05) is 31.4 Å².